The van der Waals surface area contributed by atoms with E-state index in [-0.39, 0.29) is 5.75 Å². The Hall–Kier alpha value is -1.71. The van der Waals surface area contributed by atoms with Crippen LogP contribution in [0.1, 0.15) is 107 Å². The van der Waals surface area contributed by atoms with Gasteiger partial charge in [0.15, 0.2) is 0 Å². The number of phenolic OH excluding ortho intramolecular Hbond substituents is 1. The number of carbonyl (C=O) groups excluding carboxylic acids is 1. The van der Waals surface area contributed by atoms with Crippen LogP contribution in [0.4, 0.5) is 0 Å². The Morgan fingerprint density at radius 1 is 0.786 bits per heavy atom. The minimum Gasteiger partial charge on any atom is -0.508 e. The number of benzene rings is 1. The van der Waals surface area contributed by atoms with Crippen molar-refractivity contribution < 1.29 is 19.4 Å². The molecule has 0 saturated carbocycles. The van der Waals surface area contributed by atoms with Gasteiger partial charge in [-0.25, -0.2) is 4.79 Å². The van der Waals surface area contributed by atoms with Crippen LogP contribution in [0.2, 0.25) is 0 Å². The summed E-state index contributed by atoms with van der Waals surface area (Å²) >= 11 is 0. The first-order valence-corrected chi connectivity index (χ1v) is 11.2. The summed E-state index contributed by atoms with van der Waals surface area (Å²) in [6.45, 7) is 2.87. The maximum Gasteiger partial charge on any atom is 0.338 e. The molecule has 1 aromatic carbocycles. The highest BCUT2D eigenvalue weighted by Gasteiger charge is 2.09. The van der Waals surface area contributed by atoms with Gasteiger partial charge in [-0.2, -0.15) is 0 Å². The van der Waals surface area contributed by atoms with Crippen LogP contribution in [0.25, 0.3) is 0 Å². The normalized spacial score (nSPS) is 10.8. The third-order valence-corrected chi connectivity index (χ3v) is 5.08. The van der Waals surface area contributed by atoms with Crippen molar-refractivity contribution in [2.24, 2.45) is 0 Å². The molecular weight excluding hydrogens is 352 g/mol. The number of aromatic hydroxyl groups is 1. The van der Waals surface area contributed by atoms with E-state index in [1.807, 2.05) is 0 Å². The Morgan fingerprint density at radius 2 is 1.29 bits per heavy atom. The molecule has 0 bridgehead atoms. The van der Waals surface area contributed by atoms with Crippen molar-refractivity contribution in [1.82, 2.24) is 0 Å². The second-order valence-corrected chi connectivity index (χ2v) is 7.65. The third kappa shape index (κ3) is 11.9. The molecule has 0 spiro atoms. The minimum absolute atomic E-state index is 0.0128. The van der Waals surface area contributed by atoms with Gasteiger partial charge >= 0.3 is 5.97 Å². The molecule has 28 heavy (non-hydrogen) atoms. The van der Waals surface area contributed by atoms with Crippen molar-refractivity contribution in [3.8, 4) is 11.5 Å². The zero-order valence-corrected chi connectivity index (χ0v) is 18.0. The van der Waals surface area contributed by atoms with Crippen LogP contribution in [-0.4, -0.2) is 24.8 Å². The first-order valence-electron chi connectivity index (χ1n) is 11.2. The highest BCUT2D eigenvalue weighted by molar-refractivity contribution is 5.90. The number of hydrogen-bond acceptors (Lipinski definition) is 4. The number of methoxy groups -OCH3 is 1. The summed E-state index contributed by atoms with van der Waals surface area (Å²) in [7, 11) is 1.32. The summed E-state index contributed by atoms with van der Waals surface area (Å²) < 4.78 is 10.3. The van der Waals surface area contributed by atoms with E-state index in [1.54, 1.807) is 6.07 Å². The lowest BCUT2D eigenvalue weighted by Gasteiger charge is -2.08. The molecule has 0 unspecified atom stereocenters. The molecule has 0 atom stereocenters. The van der Waals surface area contributed by atoms with Crippen LogP contribution in [0, 0.1) is 0 Å². The predicted molar refractivity (Wildman–Crippen MR) is 115 cm³/mol. The quantitative estimate of drug-likeness (QED) is 0.228. The highest BCUT2D eigenvalue weighted by Crippen LogP contribution is 2.22. The average Bonchev–Trinajstić information content (AvgIpc) is 2.69. The van der Waals surface area contributed by atoms with E-state index >= 15 is 0 Å². The van der Waals surface area contributed by atoms with Crippen LogP contribution >= 0.6 is 0 Å². The molecule has 0 fully saturated rings. The van der Waals surface area contributed by atoms with Crippen LogP contribution < -0.4 is 4.74 Å². The molecule has 0 radical (unpaired) electrons. The first kappa shape index (κ1) is 24.3. The smallest absolute Gasteiger partial charge is 0.338 e. The number of rotatable bonds is 17. The summed E-state index contributed by atoms with van der Waals surface area (Å²) in [4.78, 5) is 11.5. The largest absolute Gasteiger partial charge is 0.508 e. The van der Waals surface area contributed by atoms with Gasteiger partial charge in [0.25, 0.3) is 0 Å². The molecule has 0 aliphatic heterocycles. The Bertz CT molecular complexity index is 527. The van der Waals surface area contributed by atoms with Crippen molar-refractivity contribution in [1.29, 1.82) is 0 Å². The van der Waals surface area contributed by atoms with Gasteiger partial charge in [0, 0.05) is 6.07 Å². The zero-order chi connectivity index (χ0) is 20.5. The summed E-state index contributed by atoms with van der Waals surface area (Å²) in [6, 6.07) is 4.51. The lowest BCUT2D eigenvalue weighted by molar-refractivity contribution is 0.0599. The van der Waals surface area contributed by atoms with Crippen molar-refractivity contribution in [2.45, 2.75) is 96.8 Å². The van der Waals surface area contributed by atoms with Gasteiger partial charge in [-0.05, 0) is 18.6 Å². The van der Waals surface area contributed by atoms with Gasteiger partial charge in [-0.3, -0.25) is 0 Å². The van der Waals surface area contributed by atoms with Crippen molar-refractivity contribution >= 4 is 5.97 Å². The Balaban J connectivity index is 1.96. The third-order valence-electron chi connectivity index (χ3n) is 5.08. The predicted octanol–water partition coefficient (Wildman–Crippen LogP) is 7.04. The van der Waals surface area contributed by atoms with Gasteiger partial charge < -0.3 is 14.6 Å². The summed E-state index contributed by atoms with van der Waals surface area (Å²) in [5, 5.41) is 9.68. The molecule has 0 aromatic heterocycles. The monoisotopic (exact) mass is 392 g/mol. The lowest BCUT2D eigenvalue weighted by atomic mass is 10.0. The lowest BCUT2D eigenvalue weighted by Crippen LogP contribution is -2.03. The average molecular weight is 393 g/mol. The van der Waals surface area contributed by atoms with Crippen molar-refractivity contribution in [2.75, 3.05) is 13.7 Å². The van der Waals surface area contributed by atoms with Crippen LogP contribution in [0.5, 0.6) is 11.5 Å². The number of unbranched alkanes of at least 4 members (excludes halogenated alkanes) is 13. The second kappa shape index (κ2) is 16.3. The number of ether oxygens (including phenoxy) is 2. The SMILES string of the molecule is CCCCCCCCCCCCCCCCOc1cc(O)cc(C(=O)OC)c1. The van der Waals surface area contributed by atoms with E-state index in [0.717, 1.165) is 12.8 Å². The fourth-order valence-electron chi connectivity index (χ4n) is 3.39. The van der Waals surface area contributed by atoms with Crippen molar-refractivity contribution in [3.63, 3.8) is 0 Å². The Labute approximate surface area is 171 Å². The number of hydrogen-bond donors (Lipinski definition) is 1. The Kier molecular flexibility index (Phi) is 14.1. The molecule has 160 valence electrons. The van der Waals surface area contributed by atoms with Crippen LogP contribution in [0.3, 0.4) is 0 Å². The molecule has 0 amide bonds. The fraction of sp³-hybridized carbons (Fsp3) is 0.708. The molecule has 0 saturated heterocycles. The molecule has 4 heteroatoms. The van der Waals surface area contributed by atoms with Crippen LogP contribution in [-0.2, 0) is 4.74 Å². The topological polar surface area (TPSA) is 55.8 Å². The minimum atomic E-state index is -0.475. The van der Waals surface area contributed by atoms with E-state index in [9.17, 15) is 9.90 Å². The van der Waals surface area contributed by atoms with E-state index in [1.165, 1.54) is 96.3 Å². The fourth-order valence-corrected chi connectivity index (χ4v) is 3.39. The number of phenols is 1. The molecular formula is C24H40O4. The van der Waals surface area contributed by atoms with Gasteiger partial charge in [-0.1, -0.05) is 90.4 Å². The van der Waals surface area contributed by atoms with E-state index in [2.05, 4.69) is 11.7 Å². The van der Waals surface area contributed by atoms with Gasteiger partial charge in [0.05, 0.1) is 19.3 Å². The number of carbonyl (C=O) groups is 1. The first-order chi connectivity index (χ1) is 13.7. The van der Waals surface area contributed by atoms with Crippen molar-refractivity contribution in [3.05, 3.63) is 23.8 Å². The molecule has 0 heterocycles. The number of esters is 1. The van der Waals surface area contributed by atoms with E-state index in [4.69, 9.17) is 4.74 Å². The summed E-state index contributed by atoms with van der Waals surface area (Å²) in [5.74, 6) is 0.0474. The van der Waals surface area contributed by atoms with Gasteiger partial charge in [-0.15, -0.1) is 0 Å². The molecule has 1 N–H and O–H groups in total. The molecule has 4 nitrogen and oxygen atoms in total. The maximum atomic E-state index is 11.5. The summed E-state index contributed by atoms with van der Waals surface area (Å²) in [6.07, 6.45) is 18.6. The van der Waals surface area contributed by atoms with Gasteiger partial charge in [0.2, 0.25) is 0 Å². The summed E-state index contributed by atoms with van der Waals surface area (Å²) in [5.41, 5.74) is 0.304. The molecule has 0 aliphatic rings. The van der Waals surface area contributed by atoms with Crippen LogP contribution in [0.15, 0.2) is 18.2 Å². The molecule has 0 aliphatic carbocycles. The standard InChI is InChI=1S/C24H40O4/c1-3-4-5-6-7-8-9-10-11-12-13-14-15-16-17-28-23-19-21(24(26)27-2)18-22(25)20-23/h18-20,25H,3-17H2,1-2H3. The van der Waals surface area contributed by atoms with Gasteiger partial charge in [0.1, 0.15) is 11.5 Å². The maximum absolute atomic E-state index is 11.5. The Morgan fingerprint density at radius 3 is 1.79 bits per heavy atom. The highest BCUT2D eigenvalue weighted by atomic mass is 16.5. The molecule has 1 rings (SSSR count). The molecule has 1 aromatic rings. The van der Waals surface area contributed by atoms with E-state index < -0.39 is 5.97 Å². The second-order valence-electron chi connectivity index (χ2n) is 7.65. The van der Waals surface area contributed by atoms with E-state index in [0.29, 0.717) is 17.9 Å². The zero-order valence-electron chi connectivity index (χ0n) is 18.0.